The molecular formula is C39H38ClN3O12. The number of nitrogens with one attached hydrogen (secondary N) is 1. The number of amides is 1. The van der Waals surface area contributed by atoms with Crippen LogP contribution in [0.15, 0.2) is 52.5 Å². The number of ether oxygens (including phenoxy) is 7. The molecule has 55 heavy (non-hydrogen) atoms. The van der Waals surface area contributed by atoms with Gasteiger partial charge in [0.25, 0.3) is 5.56 Å². The zero-order valence-electron chi connectivity index (χ0n) is 30.9. The van der Waals surface area contributed by atoms with Crippen LogP contribution in [0, 0.1) is 12.8 Å². The lowest BCUT2D eigenvalue weighted by Crippen LogP contribution is -2.53. The molecule has 0 bridgehead atoms. The molecule has 3 unspecified atom stereocenters. The average Bonchev–Trinajstić information content (AvgIpc) is 3.77. The molecule has 0 saturated heterocycles. The van der Waals surface area contributed by atoms with Gasteiger partial charge in [-0.15, -0.1) is 0 Å². The highest BCUT2D eigenvalue weighted by Crippen LogP contribution is 2.56. The second-order valence-corrected chi connectivity index (χ2v) is 13.7. The first kappa shape index (κ1) is 37.4. The molecule has 0 saturated carbocycles. The molecule has 0 fully saturated rings. The van der Waals surface area contributed by atoms with Crippen LogP contribution in [0.4, 0.5) is 0 Å². The number of allylic oxidation sites excluding steroid dienone is 1. The van der Waals surface area contributed by atoms with E-state index in [1.165, 1.54) is 39.1 Å². The van der Waals surface area contributed by atoms with Crippen molar-refractivity contribution in [2.75, 3.05) is 41.8 Å². The normalized spacial score (nSPS) is 19.0. The van der Waals surface area contributed by atoms with E-state index >= 15 is 0 Å². The Morgan fingerprint density at radius 1 is 1.00 bits per heavy atom. The molecule has 1 aliphatic carbocycles. The van der Waals surface area contributed by atoms with Crippen LogP contribution < -0.4 is 44.0 Å². The molecule has 0 radical (unpaired) electrons. The molecule has 3 atom stereocenters. The van der Waals surface area contributed by atoms with Gasteiger partial charge in [-0.05, 0) is 30.7 Å². The van der Waals surface area contributed by atoms with E-state index in [9.17, 15) is 24.3 Å². The lowest BCUT2D eigenvalue weighted by atomic mass is 9.69. The molecule has 3 aliphatic rings. The van der Waals surface area contributed by atoms with E-state index in [2.05, 4.69) is 10.3 Å². The SMILES string of the molecule is COc1cc2nc(C)n(CCNC(=O)CC(C3=C(O)C4(Oc5c(Cl)c(OC)cc(OC)c5C4=O)C(C)CC3=O)c3ccc4c(c3)OCO4)c(=O)c2cc1OC. The summed E-state index contributed by atoms with van der Waals surface area (Å²) in [5.74, 6) is -1.92. The minimum Gasteiger partial charge on any atom is -0.507 e. The van der Waals surface area contributed by atoms with Gasteiger partial charge in [0.05, 0.1) is 39.3 Å². The number of methoxy groups -OCH3 is 4. The quantitative estimate of drug-likeness (QED) is 0.211. The molecule has 288 valence electrons. The Kier molecular flexibility index (Phi) is 9.75. The molecule has 7 rings (SSSR count). The van der Waals surface area contributed by atoms with Crippen molar-refractivity contribution >= 4 is 40.0 Å². The highest BCUT2D eigenvalue weighted by atomic mass is 35.5. The first-order chi connectivity index (χ1) is 26.4. The Morgan fingerprint density at radius 2 is 1.69 bits per heavy atom. The Bertz CT molecular complexity index is 2370. The topological polar surface area (TPSA) is 183 Å². The molecule has 4 aromatic rings. The van der Waals surface area contributed by atoms with Crippen LogP contribution in [0.25, 0.3) is 10.9 Å². The zero-order valence-corrected chi connectivity index (χ0v) is 31.6. The van der Waals surface area contributed by atoms with Gasteiger partial charge in [0, 0.05) is 55.5 Å². The Morgan fingerprint density at radius 3 is 2.40 bits per heavy atom. The zero-order chi connectivity index (χ0) is 39.3. The summed E-state index contributed by atoms with van der Waals surface area (Å²) in [6.45, 7) is 3.37. The molecule has 2 aliphatic heterocycles. The van der Waals surface area contributed by atoms with Crippen molar-refractivity contribution in [1.82, 2.24) is 14.9 Å². The molecule has 15 nitrogen and oxygen atoms in total. The Hall–Kier alpha value is -5.96. The minimum absolute atomic E-state index is 0.0101. The first-order valence-electron chi connectivity index (χ1n) is 17.3. The van der Waals surface area contributed by atoms with Crippen molar-refractivity contribution in [2.45, 2.75) is 44.8 Å². The van der Waals surface area contributed by atoms with E-state index in [-0.39, 0.29) is 71.7 Å². The first-order valence-corrected chi connectivity index (χ1v) is 17.7. The van der Waals surface area contributed by atoms with E-state index in [0.717, 1.165) is 0 Å². The number of aromatic nitrogens is 2. The van der Waals surface area contributed by atoms with Gasteiger partial charge in [-0.2, -0.15) is 0 Å². The number of halogens is 1. The number of aliphatic hydroxyl groups is 1. The molecule has 3 heterocycles. The standard InChI is InChI=1S/C39H38ClN3O12/c1-18-11-24(44)32(36(46)39(18)37(47)33-29(51-5)16-30(52-6)34(40)35(33)55-39)21(20-7-8-25-28(12-20)54-17-53-25)14-31(45)41-9-10-43-19(2)42-23-15-27(50-4)26(49-3)13-22(23)38(43)48/h7-8,12-13,15-16,18,21,46H,9-11,14,17H2,1-6H3,(H,41,45). The number of nitrogens with zero attached hydrogens (tertiary/aromatic N) is 2. The summed E-state index contributed by atoms with van der Waals surface area (Å²) in [6, 6.07) is 9.55. The van der Waals surface area contributed by atoms with Crippen molar-refractivity contribution in [2.24, 2.45) is 5.92 Å². The monoisotopic (exact) mass is 775 g/mol. The lowest BCUT2D eigenvalue weighted by molar-refractivity contribution is -0.121. The number of aryl methyl sites for hydroxylation is 1. The summed E-state index contributed by atoms with van der Waals surface area (Å²) in [5, 5.41) is 15.3. The third kappa shape index (κ3) is 6.02. The number of aliphatic hydroxyl groups excluding tert-OH is 1. The van der Waals surface area contributed by atoms with E-state index < -0.39 is 40.7 Å². The average molecular weight is 776 g/mol. The molecule has 16 heteroatoms. The van der Waals surface area contributed by atoms with Crippen molar-refractivity contribution < 1.29 is 52.6 Å². The van der Waals surface area contributed by atoms with Crippen LogP contribution in [0.2, 0.25) is 5.02 Å². The summed E-state index contributed by atoms with van der Waals surface area (Å²) in [7, 11) is 5.72. The van der Waals surface area contributed by atoms with Gasteiger partial charge in [0.1, 0.15) is 27.9 Å². The predicted octanol–water partition coefficient (Wildman–Crippen LogP) is 4.85. The summed E-state index contributed by atoms with van der Waals surface area (Å²) in [5.41, 5.74) is -1.72. The number of rotatable bonds is 11. The minimum atomic E-state index is -2.06. The molecule has 2 N–H and O–H groups in total. The predicted molar refractivity (Wildman–Crippen MR) is 197 cm³/mol. The molecule has 1 aromatic heterocycles. The second kappa shape index (κ2) is 14.4. The van der Waals surface area contributed by atoms with Crippen molar-refractivity contribution in [3.63, 3.8) is 0 Å². The molecule has 3 aromatic carbocycles. The van der Waals surface area contributed by atoms with Gasteiger partial charge >= 0.3 is 0 Å². The second-order valence-electron chi connectivity index (χ2n) is 13.3. The fraction of sp³-hybridized carbons (Fsp3) is 0.359. The van der Waals surface area contributed by atoms with E-state index in [1.54, 1.807) is 44.2 Å². The number of hydrogen-bond acceptors (Lipinski definition) is 13. The highest BCUT2D eigenvalue weighted by molar-refractivity contribution is 6.35. The van der Waals surface area contributed by atoms with Crippen LogP contribution in [0.3, 0.4) is 0 Å². The van der Waals surface area contributed by atoms with Crippen LogP contribution in [0.5, 0.6) is 40.2 Å². The summed E-state index contributed by atoms with van der Waals surface area (Å²) < 4.78 is 40.4. The maximum Gasteiger partial charge on any atom is 0.261 e. The van der Waals surface area contributed by atoms with E-state index in [4.69, 9.17) is 44.8 Å². The fourth-order valence-electron chi connectivity index (χ4n) is 7.54. The van der Waals surface area contributed by atoms with Gasteiger partial charge < -0.3 is 43.6 Å². The van der Waals surface area contributed by atoms with Crippen molar-refractivity contribution in [3.05, 3.63) is 80.1 Å². The molecule has 1 amide bonds. The van der Waals surface area contributed by atoms with Gasteiger partial charge in [-0.1, -0.05) is 24.6 Å². The number of hydrogen-bond donors (Lipinski definition) is 2. The number of benzene rings is 3. The van der Waals surface area contributed by atoms with Crippen LogP contribution in [0.1, 0.15) is 47.4 Å². The third-order valence-corrected chi connectivity index (χ3v) is 10.7. The molecular weight excluding hydrogens is 738 g/mol. The number of Topliss-reactive ketones (excluding diaryl/α,β-unsaturated/α-hetero) is 2. The number of carbonyl (C=O) groups is 3. The lowest BCUT2D eigenvalue weighted by Gasteiger charge is -2.38. The molecule has 1 spiro atoms. The van der Waals surface area contributed by atoms with E-state index in [0.29, 0.717) is 45.3 Å². The van der Waals surface area contributed by atoms with Crippen LogP contribution in [-0.2, 0) is 16.1 Å². The van der Waals surface area contributed by atoms with Gasteiger partial charge in [0.2, 0.25) is 24.1 Å². The van der Waals surface area contributed by atoms with Gasteiger partial charge in [-0.3, -0.25) is 23.7 Å². The smallest absolute Gasteiger partial charge is 0.261 e. The van der Waals surface area contributed by atoms with Gasteiger partial charge in [0.15, 0.2) is 40.3 Å². The van der Waals surface area contributed by atoms with Crippen molar-refractivity contribution in [1.29, 1.82) is 0 Å². The van der Waals surface area contributed by atoms with E-state index in [1.807, 2.05) is 0 Å². The van der Waals surface area contributed by atoms with Crippen LogP contribution >= 0.6 is 11.6 Å². The fourth-order valence-corrected chi connectivity index (χ4v) is 7.81. The number of carbonyl (C=O) groups excluding carboxylic acids is 3. The number of ketones is 2. The largest absolute Gasteiger partial charge is 0.507 e. The highest BCUT2D eigenvalue weighted by Gasteiger charge is 2.61. The number of fused-ring (bicyclic) bond motifs is 3. The van der Waals surface area contributed by atoms with Crippen molar-refractivity contribution in [3.8, 4) is 40.2 Å². The Labute approximate surface area is 319 Å². The maximum atomic E-state index is 14.4. The summed E-state index contributed by atoms with van der Waals surface area (Å²) >= 11 is 6.62. The Balaban J connectivity index is 1.23. The summed E-state index contributed by atoms with van der Waals surface area (Å²) in [4.78, 5) is 60.3. The maximum absolute atomic E-state index is 14.4. The van der Waals surface area contributed by atoms with Gasteiger partial charge in [-0.25, -0.2) is 4.98 Å². The summed E-state index contributed by atoms with van der Waals surface area (Å²) in [6.07, 6.45) is -0.540. The van der Waals surface area contributed by atoms with Crippen LogP contribution in [-0.4, -0.2) is 79.5 Å². The third-order valence-electron chi connectivity index (χ3n) is 10.4.